The lowest BCUT2D eigenvalue weighted by Gasteiger charge is -2.24. The van der Waals surface area contributed by atoms with Gasteiger partial charge in [-0.2, -0.15) is 0 Å². The molecule has 1 heterocycles. The summed E-state index contributed by atoms with van der Waals surface area (Å²) in [4.78, 5) is 24.5. The average Bonchev–Trinajstić information content (AvgIpc) is 2.79. The smallest absolute Gasteiger partial charge is 0.304 e. The summed E-state index contributed by atoms with van der Waals surface area (Å²) in [5, 5.41) is 11.7. The number of carbonyl (C=O) groups excluding carboxylic acids is 1. The van der Waals surface area contributed by atoms with Gasteiger partial charge in [0.2, 0.25) is 0 Å². The van der Waals surface area contributed by atoms with Crippen LogP contribution in [0.5, 0.6) is 0 Å². The van der Waals surface area contributed by atoms with Crippen LogP contribution in [0.3, 0.4) is 0 Å². The zero-order chi connectivity index (χ0) is 15.3. The molecule has 0 aliphatic heterocycles. The summed E-state index contributed by atoms with van der Waals surface area (Å²) in [6, 6.07) is 1.36. The van der Waals surface area contributed by atoms with Gasteiger partial charge in [-0.1, -0.05) is 13.8 Å². The molecule has 1 aromatic heterocycles. The van der Waals surface area contributed by atoms with Crippen LogP contribution in [-0.2, 0) is 4.74 Å². The highest BCUT2D eigenvalue weighted by molar-refractivity contribution is 7.18. The SMILES string of the molecule is COCCN(CC(C)C)c1sc(C(C)=O)cc1[N+](=O)[O-]. The minimum Gasteiger partial charge on any atom is -0.383 e. The Kier molecular flexibility index (Phi) is 6.09. The maximum Gasteiger partial charge on any atom is 0.304 e. The molecule has 0 N–H and O–H groups in total. The number of thiophene rings is 1. The fourth-order valence-corrected chi connectivity index (χ4v) is 2.88. The Hall–Kier alpha value is -1.47. The molecule has 112 valence electrons. The largest absolute Gasteiger partial charge is 0.383 e. The van der Waals surface area contributed by atoms with Gasteiger partial charge in [-0.25, -0.2) is 0 Å². The normalized spacial score (nSPS) is 10.8. The average molecular weight is 300 g/mol. The Labute approximate surface area is 122 Å². The number of rotatable bonds is 8. The fraction of sp³-hybridized carbons (Fsp3) is 0.615. The Morgan fingerprint density at radius 2 is 2.20 bits per heavy atom. The zero-order valence-corrected chi connectivity index (χ0v) is 13.0. The maximum atomic E-state index is 11.4. The molecule has 6 nitrogen and oxygen atoms in total. The highest BCUT2D eigenvalue weighted by Gasteiger charge is 2.25. The number of hydrogen-bond acceptors (Lipinski definition) is 6. The number of hydrogen-bond donors (Lipinski definition) is 0. The van der Waals surface area contributed by atoms with Gasteiger partial charge in [-0.3, -0.25) is 14.9 Å². The number of carbonyl (C=O) groups is 1. The van der Waals surface area contributed by atoms with Gasteiger partial charge < -0.3 is 9.64 Å². The quantitative estimate of drug-likeness (QED) is 0.419. The number of nitro groups is 1. The second-order valence-electron chi connectivity index (χ2n) is 4.95. The lowest BCUT2D eigenvalue weighted by molar-refractivity contribution is -0.383. The van der Waals surface area contributed by atoms with E-state index >= 15 is 0 Å². The molecule has 0 aliphatic carbocycles. The number of ether oxygens (including phenoxy) is 1. The van der Waals surface area contributed by atoms with Crippen molar-refractivity contribution >= 4 is 27.8 Å². The van der Waals surface area contributed by atoms with Crippen LogP contribution in [0, 0.1) is 16.0 Å². The van der Waals surface area contributed by atoms with Crippen molar-refractivity contribution in [3.63, 3.8) is 0 Å². The first-order valence-corrected chi connectivity index (χ1v) is 7.21. The van der Waals surface area contributed by atoms with Gasteiger partial charge in [0.1, 0.15) is 0 Å². The first-order valence-electron chi connectivity index (χ1n) is 6.39. The van der Waals surface area contributed by atoms with Crippen molar-refractivity contribution in [2.75, 3.05) is 31.7 Å². The molecule has 1 rings (SSSR count). The molecule has 1 aromatic rings. The second-order valence-corrected chi connectivity index (χ2v) is 5.98. The van der Waals surface area contributed by atoms with E-state index < -0.39 is 4.92 Å². The van der Waals surface area contributed by atoms with E-state index in [0.29, 0.717) is 35.5 Å². The summed E-state index contributed by atoms with van der Waals surface area (Å²) in [6.45, 7) is 7.24. The van der Waals surface area contributed by atoms with E-state index in [0.717, 1.165) is 0 Å². The Morgan fingerprint density at radius 1 is 1.55 bits per heavy atom. The summed E-state index contributed by atoms with van der Waals surface area (Å²) in [5.74, 6) is 0.204. The molecule has 0 unspecified atom stereocenters. The first-order chi connectivity index (χ1) is 9.36. The molecule has 0 aromatic carbocycles. The number of ketones is 1. The predicted molar refractivity (Wildman–Crippen MR) is 79.9 cm³/mol. The van der Waals surface area contributed by atoms with Gasteiger partial charge in [-0.05, 0) is 12.8 Å². The Bertz CT molecular complexity index is 485. The molecule has 0 radical (unpaired) electrons. The van der Waals surface area contributed by atoms with Crippen LogP contribution in [0.15, 0.2) is 6.07 Å². The Balaban J connectivity index is 3.15. The van der Waals surface area contributed by atoms with E-state index in [9.17, 15) is 14.9 Å². The van der Waals surface area contributed by atoms with Crippen molar-refractivity contribution in [2.45, 2.75) is 20.8 Å². The summed E-state index contributed by atoms with van der Waals surface area (Å²) >= 11 is 1.18. The lowest BCUT2D eigenvalue weighted by Crippen LogP contribution is -2.30. The molecular formula is C13H20N2O4S. The standard InChI is InChI=1S/C13H20N2O4S/c1-9(2)8-14(5-6-19-4)13-11(15(17)18)7-12(20-13)10(3)16/h7,9H,5-6,8H2,1-4H3. The number of methoxy groups -OCH3 is 1. The number of anilines is 1. The zero-order valence-electron chi connectivity index (χ0n) is 12.2. The topological polar surface area (TPSA) is 72.7 Å². The minimum absolute atomic E-state index is 0.00282. The summed E-state index contributed by atoms with van der Waals surface area (Å²) in [7, 11) is 1.59. The van der Waals surface area contributed by atoms with E-state index in [2.05, 4.69) is 0 Å². The van der Waals surface area contributed by atoms with Crippen molar-refractivity contribution in [1.29, 1.82) is 0 Å². The summed E-state index contributed by atoms with van der Waals surface area (Å²) < 4.78 is 5.06. The fourth-order valence-electron chi connectivity index (χ4n) is 1.82. The van der Waals surface area contributed by atoms with Crippen LogP contribution in [0.4, 0.5) is 10.7 Å². The van der Waals surface area contributed by atoms with Crippen molar-refractivity contribution < 1.29 is 14.5 Å². The predicted octanol–water partition coefficient (Wildman–Crippen LogP) is 2.97. The van der Waals surface area contributed by atoms with Crippen LogP contribution in [0.2, 0.25) is 0 Å². The van der Waals surface area contributed by atoms with Gasteiger partial charge >= 0.3 is 5.69 Å². The Morgan fingerprint density at radius 3 is 2.65 bits per heavy atom. The highest BCUT2D eigenvalue weighted by atomic mass is 32.1. The number of Topliss-reactive ketones (excluding diaryl/α,β-unsaturated/α-hetero) is 1. The number of nitrogens with zero attached hydrogens (tertiary/aromatic N) is 2. The van der Waals surface area contributed by atoms with Gasteiger partial charge in [0.25, 0.3) is 0 Å². The molecule has 0 amide bonds. The third-order valence-electron chi connectivity index (χ3n) is 2.68. The van der Waals surface area contributed by atoms with Gasteiger partial charge in [0, 0.05) is 26.3 Å². The highest BCUT2D eigenvalue weighted by Crippen LogP contribution is 2.38. The first kappa shape index (κ1) is 16.6. The summed E-state index contributed by atoms with van der Waals surface area (Å²) in [5.41, 5.74) is -0.00282. The summed E-state index contributed by atoms with van der Waals surface area (Å²) in [6.07, 6.45) is 0. The molecule has 0 saturated heterocycles. The van der Waals surface area contributed by atoms with Gasteiger partial charge in [0.15, 0.2) is 10.8 Å². The van der Waals surface area contributed by atoms with E-state index in [1.165, 1.54) is 24.3 Å². The maximum absolute atomic E-state index is 11.4. The third-order valence-corrected chi connectivity index (χ3v) is 3.96. The molecule has 20 heavy (non-hydrogen) atoms. The molecule has 0 atom stereocenters. The molecule has 0 saturated carbocycles. The molecule has 7 heteroatoms. The van der Waals surface area contributed by atoms with Crippen LogP contribution in [0.25, 0.3) is 0 Å². The van der Waals surface area contributed by atoms with E-state index in [1.54, 1.807) is 7.11 Å². The monoisotopic (exact) mass is 300 g/mol. The van der Waals surface area contributed by atoms with Crippen molar-refractivity contribution in [3.05, 3.63) is 21.1 Å². The van der Waals surface area contributed by atoms with Crippen molar-refractivity contribution in [2.24, 2.45) is 5.92 Å². The van der Waals surface area contributed by atoms with E-state index in [-0.39, 0.29) is 11.5 Å². The van der Waals surface area contributed by atoms with E-state index in [1.807, 2.05) is 18.7 Å². The third kappa shape index (κ3) is 4.28. The molecule has 0 fully saturated rings. The molecule has 0 spiro atoms. The van der Waals surface area contributed by atoms with Crippen LogP contribution >= 0.6 is 11.3 Å². The van der Waals surface area contributed by atoms with Gasteiger partial charge in [-0.15, -0.1) is 11.3 Å². The molecule has 0 aliphatic rings. The van der Waals surface area contributed by atoms with E-state index in [4.69, 9.17) is 4.74 Å². The minimum atomic E-state index is -0.432. The molecule has 0 bridgehead atoms. The van der Waals surface area contributed by atoms with Crippen molar-refractivity contribution in [1.82, 2.24) is 0 Å². The molecular weight excluding hydrogens is 280 g/mol. The van der Waals surface area contributed by atoms with Gasteiger partial charge in [0.05, 0.1) is 16.4 Å². The van der Waals surface area contributed by atoms with Crippen molar-refractivity contribution in [3.8, 4) is 0 Å². The van der Waals surface area contributed by atoms with Crippen LogP contribution in [0.1, 0.15) is 30.4 Å². The van der Waals surface area contributed by atoms with Crippen LogP contribution in [-0.4, -0.2) is 37.5 Å². The van der Waals surface area contributed by atoms with Crippen LogP contribution < -0.4 is 4.90 Å². The lowest BCUT2D eigenvalue weighted by atomic mass is 10.2. The second kappa shape index (κ2) is 7.35.